The highest BCUT2D eigenvalue weighted by molar-refractivity contribution is 5.55. The normalized spacial score (nSPS) is 17.8. The summed E-state index contributed by atoms with van der Waals surface area (Å²) in [5.41, 5.74) is 8.12. The number of anilines is 2. The summed E-state index contributed by atoms with van der Waals surface area (Å²) in [6.45, 7) is 11.0. The second-order valence-corrected chi connectivity index (χ2v) is 5.01. The van der Waals surface area contributed by atoms with Crippen LogP contribution in [0, 0.1) is 6.92 Å². The summed E-state index contributed by atoms with van der Waals surface area (Å²) in [5.74, 6) is 0.604. The molecule has 1 aromatic heterocycles. The Balaban J connectivity index is 2.05. The van der Waals surface area contributed by atoms with Crippen molar-refractivity contribution in [3.63, 3.8) is 0 Å². The number of aryl methyl sites for hydroxylation is 1. The lowest BCUT2D eigenvalue weighted by atomic mass is 10.2. The summed E-state index contributed by atoms with van der Waals surface area (Å²) < 4.78 is 0. The third-order valence-corrected chi connectivity index (χ3v) is 3.49. The lowest BCUT2D eigenvalue weighted by Gasteiger charge is -2.38. The molecule has 2 N–H and O–H groups in total. The molecule has 0 saturated carbocycles. The van der Waals surface area contributed by atoms with E-state index in [1.807, 2.05) is 12.3 Å². The predicted octanol–water partition coefficient (Wildman–Crippen LogP) is 1.50. The summed E-state index contributed by atoms with van der Waals surface area (Å²) in [6.07, 6.45) is 1.90. The van der Waals surface area contributed by atoms with Gasteiger partial charge in [0.05, 0.1) is 11.9 Å². The van der Waals surface area contributed by atoms with Crippen LogP contribution in [-0.2, 0) is 0 Å². The molecule has 1 aromatic rings. The molecule has 0 aliphatic carbocycles. The van der Waals surface area contributed by atoms with Gasteiger partial charge >= 0.3 is 0 Å². The van der Waals surface area contributed by atoms with Crippen LogP contribution >= 0.6 is 0 Å². The van der Waals surface area contributed by atoms with Gasteiger partial charge in [0.15, 0.2) is 0 Å². The smallest absolute Gasteiger partial charge is 0.123 e. The minimum atomic E-state index is 0.604. The van der Waals surface area contributed by atoms with Crippen LogP contribution in [-0.4, -0.2) is 42.1 Å². The maximum absolute atomic E-state index is 5.68. The van der Waals surface area contributed by atoms with Crippen LogP contribution in [0.4, 0.5) is 11.5 Å². The molecule has 0 bridgehead atoms. The van der Waals surface area contributed by atoms with Crippen molar-refractivity contribution >= 4 is 11.5 Å². The van der Waals surface area contributed by atoms with Crippen LogP contribution in [0.5, 0.6) is 0 Å². The Kier molecular flexibility index (Phi) is 3.52. The Morgan fingerprint density at radius 2 is 1.88 bits per heavy atom. The molecule has 0 radical (unpaired) electrons. The van der Waals surface area contributed by atoms with Gasteiger partial charge in [0.2, 0.25) is 0 Å². The summed E-state index contributed by atoms with van der Waals surface area (Å²) in [6, 6.07) is 2.59. The van der Waals surface area contributed by atoms with Crippen LogP contribution in [0.2, 0.25) is 0 Å². The van der Waals surface area contributed by atoms with Gasteiger partial charge in [-0.1, -0.05) is 0 Å². The quantitative estimate of drug-likeness (QED) is 0.842. The third-order valence-electron chi connectivity index (χ3n) is 3.49. The molecule has 94 valence electrons. The molecule has 1 saturated heterocycles. The Hall–Kier alpha value is -1.29. The maximum Gasteiger partial charge on any atom is 0.123 e. The van der Waals surface area contributed by atoms with Gasteiger partial charge in [-0.25, -0.2) is 4.98 Å². The van der Waals surface area contributed by atoms with E-state index in [-0.39, 0.29) is 0 Å². The zero-order valence-corrected chi connectivity index (χ0v) is 11.0. The van der Waals surface area contributed by atoms with Gasteiger partial charge < -0.3 is 10.6 Å². The van der Waals surface area contributed by atoms with E-state index >= 15 is 0 Å². The van der Waals surface area contributed by atoms with Crippen molar-refractivity contribution in [1.29, 1.82) is 0 Å². The van der Waals surface area contributed by atoms with Gasteiger partial charge in [-0.15, -0.1) is 0 Å². The molecule has 2 rings (SSSR count). The Morgan fingerprint density at radius 3 is 2.41 bits per heavy atom. The molecule has 0 spiro atoms. The van der Waals surface area contributed by atoms with Crippen LogP contribution < -0.4 is 10.6 Å². The van der Waals surface area contributed by atoms with E-state index in [2.05, 4.69) is 35.6 Å². The van der Waals surface area contributed by atoms with E-state index in [0.717, 1.165) is 26.2 Å². The highest BCUT2D eigenvalue weighted by atomic mass is 15.3. The molecule has 1 fully saturated rings. The molecule has 17 heavy (non-hydrogen) atoms. The van der Waals surface area contributed by atoms with Crippen molar-refractivity contribution in [2.24, 2.45) is 0 Å². The topological polar surface area (TPSA) is 45.4 Å². The summed E-state index contributed by atoms with van der Waals surface area (Å²) >= 11 is 0. The number of rotatable bonds is 2. The second-order valence-electron chi connectivity index (χ2n) is 5.01. The van der Waals surface area contributed by atoms with Crippen molar-refractivity contribution in [3.8, 4) is 0 Å². The SMILES string of the molecule is Cc1cc(N)ncc1N1CCN(C(C)C)CC1. The van der Waals surface area contributed by atoms with Gasteiger partial charge in [-0.05, 0) is 32.4 Å². The van der Waals surface area contributed by atoms with Gasteiger partial charge in [-0.3, -0.25) is 4.90 Å². The van der Waals surface area contributed by atoms with Crippen molar-refractivity contribution < 1.29 is 0 Å². The number of nitrogens with zero attached hydrogens (tertiary/aromatic N) is 3. The van der Waals surface area contributed by atoms with Crippen molar-refractivity contribution in [2.45, 2.75) is 26.8 Å². The van der Waals surface area contributed by atoms with Crippen LogP contribution in [0.25, 0.3) is 0 Å². The highest BCUT2D eigenvalue weighted by Crippen LogP contribution is 2.22. The maximum atomic E-state index is 5.68. The molecular formula is C13H22N4. The van der Waals surface area contributed by atoms with E-state index < -0.39 is 0 Å². The average molecular weight is 234 g/mol. The Labute approximate surface area is 103 Å². The largest absolute Gasteiger partial charge is 0.384 e. The zero-order valence-electron chi connectivity index (χ0n) is 11.0. The Morgan fingerprint density at radius 1 is 1.24 bits per heavy atom. The summed E-state index contributed by atoms with van der Waals surface area (Å²) in [5, 5.41) is 0. The van der Waals surface area contributed by atoms with Crippen molar-refractivity contribution in [3.05, 3.63) is 17.8 Å². The van der Waals surface area contributed by atoms with E-state index in [1.165, 1.54) is 11.3 Å². The number of hydrogen-bond acceptors (Lipinski definition) is 4. The summed E-state index contributed by atoms with van der Waals surface area (Å²) in [4.78, 5) is 9.11. The monoisotopic (exact) mass is 234 g/mol. The molecular weight excluding hydrogens is 212 g/mol. The molecule has 1 aliphatic heterocycles. The van der Waals surface area contributed by atoms with Gasteiger partial charge in [0.1, 0.15) is 5.82 Å². The lowest BCUT2D eigenvalue weighted by Crippen LogP contribution is -2.49. The van der Waals surface area contributed by atoms with E-state index in [4.69, 9.17) is 5.73 Å². The molecule has 0 unspecified atom stereocenters. The molecule has 2 heterocycles. The lowest BCUT2D eigenvalue weighted by molar-refractivity contribution is 0.209. The molecule has 0 aromatic carbocycles. The molecule has 4 nitrogen and oxygen atoms in total. The second kappa shape index (κ2) is 4.92. The molecule has 1 aliphatic rings. The fraction of sp³-hybridized carbons (Fsp3) is 0.615. The number of aromatic nitrogens is 1. The first-order valence-corrected chi connectivity index (χ1v) is 6.29. The van der Waals surface area contributed by atoms with Crippen LogP contribution in [0.15, 0.2) is 12.3 Å². The number of piperazine rings is 1. The standard InChI is InChI=1S/C13H22N4/c1-10(2)16-4-6-17(7-5-16)12-9-15-13(14)8-11(12)3/h8-10H,4-7H2,1-3H3,(H2,14,15). The van der Waals surface area contributed by atoms with Crippen LogP contribution in [0.3, 0.4) is 0 Å². The first kappa shape index (κ1) is 12.2. The Bertz CT molecular complexity index is 381. The van der Waals surface area contributed by atoms with Crippen molar-refractivity contribution in [2.75, 3.05) is 36.8 Å². The number of nitrogen functional groups attached to an aromatic ring is 1. The minimum absolute atomic E-state index is 0.604. The van der Waals surface area contributed by atoms with Crippen molar-refractivity contribution in [1.82, 2.24) is 9.88 Å². The van der Waals surface area contributed by atoms with Gasteiger partial charge in [-0.2, -0.15) is 0 Å². The summed E-state index contributed by atoms with van der Waals surface area (Å²) in [7, 11) is 0. The third kappa shape index (κ3) is 2.69. The average Bonchev–Trinajstić information content (AvgIpc) is 2.29. The number of nitrogens with two attached hydrogens (primary N) is 1. The van der Waals surface area contributed by atoms with Gasteiger partial charge in [0.25, 0.3) is 0 Å². The minimum Gasteiger partial charge on any atom is -0.384 e. The fourth-order valence-electron chi connectivity index (χ4n) is 2.38. The molecule has 0 atom stereocenters. The predicted molar refractivity (Wildman–Crippen MR) is 72.3 cm³/mol. The van der Waals surface area contributed by atoms with E-state index in [9.17, 15) is 0 Å². The van der Waals surface area contributed by atoms with Crippen LogP contribution in [0.1, 0.15) is 19.4 Å². The van der Waals surface area contributed by atoms with E-state index in [1.54, 1.807) is 0 Å². The number of hydrogen-bond donors (Lipinski definition) is 1. The molecule has 4 heteroatoms. The number of pyridine rings is 1. The van der Waals surface area contributed by atoms with E-state index in [0.29, 0.717) is 11.9 Å². The van der Waals surface area contributed by atoms with Gasteiger partial charge in [0, 0.05) is 32.2 Å². The molecule has 0 amide bonds. The highest BCUT2D eigenvalue weighted by Gasteiger charge is 2.20. The first-order chi connectivity index (χ1) is 8.08. The zero-order chi connectivity index (χ0) is 12.4. The fourth-order valence-corrected chi connectivity index (χ4v) is 2.38. The first-order valence-electron chi connectivity index (χ1n) is 6.29.